The summed E-state index contributed by atoms with van der Waals surface area (Å²) in [5, 5.41) is 3.09. The van der Waals surface area contributed by atoms with Crippen LogP contribution in [0.15, 0.2) is 36.7 Å². The molecule has 114 valence electrons. The molecule has 1 atom stereocenters. The van der Waals surface area contributed by atoms with Gasteiger partial charge in [0.1, 0.15) is 11.4 Å². The Kier molecular flexibility index (Phi) is 4.04. The molecule has 0 spiro atoms. The van der Waals surface area contributed by atoms with Crippen molar-refractivity contribution < 1.29 is 9.53 Å². The quantitative estimate of drug-likeness (QED) is 0.921. The zero-order valence-electron chi connectivity index (χ0n) is 12.7. The van der Waals surface area contributed by atoms with Crippen LogP contribution in [0.2, 0.25) is 0 Å². The molecule has 1 N–H and O–H groups in total. The molecule has 1 heterocycles. The van der Waals surface area contributed by atoms with Gasteiger partial charge >= 0.3 is 0 Å². The van der Waals surface area contributed by atoms with Crippen molar-refractivity contribution in [3.63, 3.8) is 0 Å². The molecule has 1 saturated carbocycles. The van der Waals surface area contributed by atoms with Gasteiger partial charge in [0.2, 0.25) is 0 Å². The maximum absolute atomic E-state index is 12.4. The van der Waals surface area contributed by atoms with Gasteiger partial charge in [-0.15, -0.1) is 0 Å². The minimum Gasteiger partial charge on any atom is -0.497 e. The second-order valence-electron chi connectivity index (χ2n) is 5.60. The summed E-state index contributed by atoms with van der Waals surface area (Å²) in [5.74, 6) is 1.13. The smallest absolute Gasteiger partial charge is 0.271 e. The van der Waals surface area contributed by atoms with Gasteiger partial charge in [-0.3, -0.25) is 9.78 Å². The number of nitrogens with one attached hydrogen (secondary N) is 1. The Labute approximate surface area is 129 Å². The van der Waals surface area contributed by atoms with Gasteiger partial charge in [0, 0.05) is 6.20 Å². The van der Waals surface area contributed by atoms with Gasteiger partial charge in [-0.25, -0.2) is 4.98 Å². The highest BCUT2D eigenvalue weighted by Crippen LogP contribution is 2.41. The summed E-state index contributed by atoms with van der Waals surface area (Å²) >= 11 is 0. The Balaban J connectivity index is 1.76. The molecule has 0 aliphatic heterocycles. The molecule has 1 unspecified atom stereocenters. The lowest BCUT2D eigenvalue weighted by molar-refractivity contribution is 0.0926. The standard InChI is InChI=1S/C17H19N3O2/c1-11-9-19-15(10-18-11)17(21)20-16(12-3-4-12)13-5-7-14(22-2)8-6-13/h5-10,12,16H,3-4H2,1-2H3,(H,20,21). The molecule has 1 amide bonds. The van der Waals surface area contributed by atoms with E-state index in [2.05, 4.69) is 15.3 Å². The van der Waals surface area contributed by atoms with E-state index in [-0.39, 0.29) is 11.9 Å². The third-order valence-corrected chi connectivity index (χ3v) is 3.87. The van der Waals surface area contributed by atoms with E-state index in [1.165, 1.54) is 6.20 Å². The Morgan fingerprint density at radius 2 is 1.95 bits per heavy atom. The minimum absolute atomic E-state index is 0.0153. The average molecular weight is 297 g/mol. The SMILES string of the molecule is COc1ccc(C(NC(=O)c2cnc(C)cn2)C2CC2)cc1. The molecule has 2 aromatic rings. The summed E-state index contributed by atoms with van der Waals surface area (Å²) in [6.45, 7) is 1.85. The Hall–Kier alpha value is -2.43. The van der Waals surface area contributed by atoms with Crippen LogP contribution in [-0.4, -0.2) is 23.0 Å². The highest BCUT2D eigenvalue weighted by molar-refractivity contribution is 5.92. The monoisotopic (exact) mass is 297 g/mol. The highest BCUT2D eigenvalue weighted by atomic mass is 16.5. The van der Waals surface area contributed by atoms with E-state index in [4.69, 9.17) is 4.74 Å². The molecule has 0 bridgehead atoms. The van der Waals surface area contributed by atoms with E-state index < -0.39 is 0 Å². The first-order valence-corrected chi connectivity index (χ1v) is 7.41. The second kappa shape index (κ2) is 6.13. The number of hydrogen-bond acceptors (Lipinski definition) is 4. The van der Waals surface area contributed by atoms with Crippen LogP contribution in [0.3, 0.4) is 0 Å². The summed E-state index contributed by atoms with van der Waals surface area (Å²) in [6, 6.07) is 7.86. The maximum atomic E-state index is 12.4. The predicted octanol–water partition coefficient (Wildman–Crippen LogP) is 2.67. The number of methoxy groups -OCH3 is 1. The van der Waals surface area contributed by atoms with Gasteiger partial charge in [0.15, 0.2) is 0 Å². The molecule has 1 aliphatic carbocycles. The molecular weight excluding hydrogens is 278 g/mol. The molecule has 1 aliphatic rings. The lowest BCUT2D eigenvalue weighted by Gasteiger charge is -2.19. The fraction of sp³-hybridized carbons (Fsp3) is 0.353. The van der Waals surface area contributed by atoms with Gasteiger partial charge in [0.25, 0.3) is 5.91 Å². The molecule has 1 fully saturated rings. The molecule has 0 radical (unpaired) electrons. The number of ether oxygens (including phenoxy) is 1. The van der Waals surface area contributed by atoms with Gasteiger partial charge in [0.05, 0.1) is 25.0 Å². The van der Waals surface area contributed by atoms with Gasteiger partial charge in [-0.05, 0) is 43.4 Å². The number of carbonyl (C=O) groups is 1. The Bertz CT molecular complexity index is 649. The Morgan fingerprint density at radius 3 is 2.50 bits per heavy atom. The molecular formula is C17H19N3O2. The van der Waals surface area contributed by atoms with Crippen molar-refractivity contribution in [2.45, 2.75) is 25.8 Å². The van der Waals surface area contributed by atoms with Crippen LogP contribution < -0.4 is 10.1 Å². The van der Waals surface area contributed by atoms with E-state index in [0.717, 1.165) is 29.8 Å². The molecule has 5 nitrogen and oxygen atoms in total. The largest absolute Gasteiger partial charge is 0.497 e. The lowest BCUT2D eigenvalue weighted by atomic mass is 10.0. The Morgan fingerprint density at radius 1 is 1.23 bits per heavy atom. The number of benzene rings is 1. The number of rotatable bonds is 5. The summed E-state index contributed by atoms with van der Waals surface area (Å²) in [4.78, 5) is 20.6. The normalized spacial score (nSPS) is 15.2. The topological polar surface area (TPSA) is 64.1 Å². The fourth-order valence-corrected chi connectivity index (χ4v) is 2.44. The number of carbonyl (C=O) groups excluding carboxylic acids is 1. The molecule has 0 saturated heterocycles. The molecule has 5 heteroatoms. The first kappa shape index (κ1) is 14.5. The first-order chi connectivity index (χ1) is 10.7. The van der Waals surface area contributed by atoms with Crippen LogP contribution >= 0.6 is 0 Å². The molecule has 22 heavy (non-hydrogen) atoms. The molecule has 3 rings (SSSR count). The maximum Gasteiger partial charge on any atom is 0.271 e. The number of hydrogen-bond donors (Lipinski definition) is 1. The fourth-order valence-electron chi connectivity index (χ4n) is 2.44. The van der Waals surface area contributed by atoms with E-state index >= 15 is 0 Å². The van der Waals surface area contributed by atoms with E-state index in [1.807, 2.05) is 31.2 Å². The van der Waals surface area contributed by atoms with Crippen LogP contribution in [0.1, 0.15) is 40.6 Å². The third-order valence-electron chi connectivity index (χ3n) is 3.87. The van der Waals surface area contributed by atoms with Crippen molar-refractivity contribution in [1.29, 1.82) is 0 Å². The van der Waals surface area contributed by atoms with Gasteiger partial charge in [-0.2, -0.15) is 0 Å². The third kappa shape index (κ3) is 3.24. The zero-order valence-corrected chi connectivity index (χ0v) is 12.7. The van der Waals surface area contributed by atoms with Crippen molar-refractivity contribution in [3.05, 3.63) is 53.6 Å². The van der Waals surface area contributed by atoms with Gasteiger partial charge < -0.3 is 10.1 Å². The summed E-state index contributed by atoms with van der Waals surface area (Å²) < 4.78 is 5.18. The van der Waals surface area contributed by atoms with Crippen molar-refractivity contribution in [3.8, 4) is 5.75 Å². The molecule has 1 aromatic heterocycles. The van der Waals surface area contributed by atoms with E-state index in [0.29, 0.717) is 11.6 Å². The van der Waals surface area contributed by atoms with Crippen molar-refractivity contribution >= 4 is 5.91 Å². The number of aromatic nitrogens is 2. The van der Waals surface area contributed by atoms with Crippen molar-refractivity contribution in [1.82, 2.24) is 15.3 Å². The number of amides is 1. The summed E-state index contributed by atoms with van der Waals surface area (Å²) in [6.07, 6.45) is 5.39. The summed E-state index contributed by atoms with van der Waals surface area (Å²) in [5.41, 5.74) is 2.24. The van der Waals surface area contributed by atoms with Gasteiger partial charge in [-0.1, -0.05) is 12.1 Å². The van der Waals surface area contributed by atoms with Crippen molar-refractivity contribution in [2.75, 3.05) is 7.11 Å². The van der Waals surface area contributed by atoms with Crippen LogP contribution in [0.25, 0.3) is 0 Å². The molecule has 1 aromatic carbocycles. The van der Waals surface area contributed by atoms with Crippen LogP contribution in [0.5, 0.6) is 5.75 Å². The van der Waals surface area contributed by atoms with Crippen LogP contribution in [0.4, 0.5) is 0 Å². The highest BCUT2D eigenvalue weighted by Gasteiger charge is 2.33. The minimum atomic E-state index is -0.180. The lowest BCUT2D eigenvalue weighted by Crippen LogP contribution is -2.30. The second-order valence-corrected chi connectivity index (χ2v) is 5.60. The summed E-state index contributed by atoms with van der Waals surface area (Å²) in [7, 11) is 1.64. The number of aryl methyl sites for hydroxylation is 1. The predicted molar refractivity (Wildman–Crippen MR) is 82.7 cm³/mol. The zero-order chi connectivity index (χ0) is 15.5. The van der Waals surface area contributed by atoms with E-state index in [9.17, 15) is 4.79 Å². The number of nitrogens with zero attached hydrogens (tertiary/aromatic N) is 2. The van der Waals surface area contributed by atoms with Crippen LogP contribution in [0, 0.1) is 12.8 Å². The first-order valence-electron chi connectivity index (χ1n) is 7.41. The van der Waals surface area contributed by atoms with Crippen LogP contribution in [-0.2, 0) is 0 Å². The van der Waals surface area contributed by atoms with E-state index in [1.54, 1.807) is 13.3 Å². The average Bonchev–Trinajstić information content (AvgIpc) is 3.38. The van der Waals surface area contributed by atoms with Crippen molar-refractivity contribution in [2.24, 2.45) is 5.92 Å².